The molecule has 1 aliphatic carbocycles. The second-order valence-electron chi connectivity index (χ2n) is 6.87. The molecule has 0 radical (unpaired) electrons. The van der Waals surface area contributed by atoms with E-state index in [1.807, 2.05) is 26.0 Å². The highest BCUT2D eigenvalue weighted by molar-refractivity contribution is 5.91. The fourth-order valence-corrected chi connectivity index (χ4v) is 2.64. The van der Waals surface area contributed by atoms with Gasteiger partial charge in [-0.2, -0.15) is 0 Å². The minimum atomic E-state index is -0.458. The Kier molecular flexibility index (Phi) is 4.67. The largest absolute Gasteiger partial charge is 0.471 e. The van der Waals surface area contributed by atoms with Gasteiger partial charge in [0.05, 0.1) is 18.0 Å². The molecule has 4 rings (SSSR count). The summed E-state index contributed by atoms with van der Waals surface area (Å²) in [5.41, 5.74) is 3.34. The fraction of sp³-hybridized carbons (Fsp3) is 0.350. The van der Waals surface area contributed by atoms with E-state index in [2.05, 4.69) is 20.1 Å². The van der Waals surface area contributed by atoms with Crippen molar-refractivity contribution in [3.63, 3.8) is 0 Å². The minimum absolute atomic E-state index is 0.126. The molecule has 1 fully saturated rings. The van der Waals surface area contributed by atoms with E-state index in [-0.39, 0.29) is 18.2 Å². The summed E-state index contributed by atoms with van der Waals surface area (Å²) in [6.45, 7) is 4.35. The van der Waals surface area contributed by atoms with E-state index in [0.29, 0.717) is 23.9 Å². The summed E-state index contributed by atoms with van der Waals surface area (Å²) >= 11 is 0. The first kappa shape index (κ1) is 16.9. The van der Waals surface area contributed by atoms with Crippen LogP contribution in [-0.2, 0) is 6.61 Å². The topological polar surface area (TPSA) is 103 Å². The van der Waals surface area contributed by atoms with Crippen LogP contribution in [0.25, 0.3) is 11.3 Å². The Hall–Kier alpha value is -3.29. The van der Waals surface area contributed by atoms with Crippen LogP contribution in [0.1, 0.15) is 40.3 Å². The molecular weight excluding hydrogens is 358 g/mol. The molecule has 0 unspecified atom stereocenters. The van der Waals surface area contributed by atoms with Gasteiger partial charge in [-0.15, -0.1) is 0 Å². The molecule has 0 atom stereocenters. The van der Waals surface area contributed by atoms with Gasteiger partial charge in [-0.05, 0) is 44.7 Å². The third-order valence-corrected chi connectivity index (χ3v) is 4.57. The third-order valence-electron chi connectivity index (χ3n) is 4.57. The summed E-state index contributed by atoms with van der Waals surface area (Å²) in [5, 5.41) is 5.06. The van der Waals surface area contributed by atoms with Crippen LogP contribution in [0.3, 0.4) is 0 Å². The van der Waals surface area contributed by atoms with E-state index in [1.54, 1.807) is 6.20 Å². The number of nitrogens with one attached hydrogen (secondary N) is 1. The van der Waals surface area contributed by atoms with Crippen LogP contribution in [-0.4, -0.2) is 32.6 Å². The number of hydrogen-bond acceptors (Lipinski definition) is 7. The molecule has 8 heteroatoms. The zero-order valence-corrected chi connectivity index (χ0v) is 15.8. The quantitative estimate of drug-likeness (QED) is 0.672. The zero-order chi connectivity index (χ0) is 20.4. The number of carbonyl (C=O) groups is 1. The van der Waals surface area contributed by atoms with Crippen LogP contribution in [0.15, 0.2) is 35.2 Å². The molecular formula is C20H21N5O3. The van der Waals surface area contributed by atoms with Crippen LogP contribution in [0.2, 0.25) is 1.41 Å². The average molecular weight is 380 g/mol. The summed E-state index contributed by atoms with van der Waals surface area (Å²) in [6, 6.07) is 3.83. The Bertz CT molecular complexity index is 1000. The number of hydrogen-bond donors (Lipinski definition) is 1. The highest BCUT2D eigenvalue weighted by atomic mass is 16.5. The van der Waals surface area contributed by atoms with Gasteiger partial charge in [0.1, 0.15) is 23.8 Å². The standard InChI is InChI=1S/C20H21N5O3/c1-12-3-6-15(8-21-12)19-16(13(2)28-25-19)11-27-18-10-22-17(9-23-18)20(26)24-7-14-4-5-14/h3,6,8-10,14H,4-5,7,11H2,1-2H3,(H,24,26)/i/hD. The van der Waals surface area contributed by atoms with Gasteiger partial charge in [0.2, 0.25) is 5.88 Å². The molecule has 0 spiro atoms. The molecule has 1 aliphatic rings. The van der Waals surface area contributed by atoms with E-state index in [1.165, 1.54) is 12.4 Å². The summed E-state index contributed by atoms with van der Waals surface area (Å²) in [6.07, 6.45) is 6.60. The van der Waals surface area contributed by atoms with Gasteiger partial charge in [0, 0.05) is 24.0 Å². The van der Waals surface area contributed by atoms with Crippen LogP contribution >= 0.6 is 0 Å². The number of amides is 1. The zero-order valence-electron chi connectivity index (χ0n) is 16.8. The van der Waals surface area contributed by atoms with Crippen molar-refractivity contribution in [1.82, 2.24) is 25.4 Å². The van der Waals surface area contributed by atoms with Gasteiger partial charge < -0.3 is 14.6 Å². The van der Waals surface area contributed by atoms with Crippen LogP contribution in [0, 0.1) is 19.8 Å². The number of aromatic nitrogens is 4. The van der Waals surface area contributed by atoms with Crippen molar-refractivity contribution in [1.29, 1.82) is 0 Å². The van der Waals surface area contributed by atoms with Crippen molar-refractivity contribution in [3.8, 4) is 17.1 Å². The van der Waals surface area contributed by atoms with Crippen molar-refractivity contribution in [3.05, 3.63) is 53.4 Å². The number of pyridine rings is 1. The Balaban J connectivity index is 1.42. The van der Waals surface area contributed by atoms with Crippen LogP contribution in [0.4, 0.5) is 0 Å². The number of carbonyl (C=O) groups excluding carboxylic acids is 1. The van der Waals surface area contributed by atoms with E-state index in [0.717, 1.165) is 35.0 Å². The lowest BCUT2D eigenvalue weighted by Crippen LogP contribution is -2.26. The van der Waals surface area contributed by atoms with Gasteiger partial charge in [-0.1, -0.05) is 5.16 Å². The molecule has 1 amide bonds. The molecule has 0 bridgehead atoms. The monoisotopic (exact) mass is 380 g/mol. The first-order valence-corrected chi connectivity index (χ1v) is 9.15. The van der Waals surface area contributed by atoms with Crippen LogP contribution in [0.5, 0.6) is 5.88 Å². The lowest BCUT2D eigenvalue weighted by atomic mass is 10.1. The molecule has 3 aromatic rings. The fourth-order valence-electron chi connectivity index (χ4n) is 2.64. The van der Waals surface area contributed by atoms with Gasteiger partial charge in [-0.3, -0.25) is 9.78 Å². The highest BCUT2D eigenvalue weighted by Crippen LogP contribution is 2.28. The molecule has 1 saturated carbocycles. The van der Waals surface area contributed by atoms with Crippen molar-refractivity contribution in [2.24, 2.45) is 5.92 Å². The van der Waals surface area contributed by atoms with E-state index >= 15 is 0 Å². The SMILES string of the molecule is [2H]N(CC1CC1)C(=O)c1cnc(OCc2c(-c3ccc(C)nc3)noc2C)cn1. The lowest BCUT2D eigenvalue weighted by Gasteiger charge is -2.07. The van der Waals surface area contributed by atoms with Crippen molar-refractivity contribution in [2.75, 3.05) is 6.54 Å². The summed E-state index contributed by atoms with van der Waals surface area (Å²) in [4.78, 5) is 24.7. The third kappa shape index (κ3) is 4.16. The molecule has 1 N–H and O–H groups in total. The Morgan fingerprint density at radius 1 is 1.25 bits per heavy atom. The average Bonchev–Trinajstić information content (AvgIpc) is 3.47. The molecule has 8 nitrogen and oxygen atoms in total. The molecule has 144 valence electrons. The van der Waals surface area contributed by atoms with Crippen molar-refractivity contribution in [2.45, 2.75) is 33.3 Å². The maximum absolute atomic E-state index is 12.2. The predicted octanol–water partition coefficient (Wildman–Crippen LogP) is 2.86. The first-order valence-electron chi connectivity index (χ1n) is 9.59. The second-order valence-corrected chi connectivity index (χ2v) is 6.87. The Labute approximate surface area is 163 Å². The van der Waals surface area contributed by atoms with Crippen molar-refractivity contribution >= 4 is 5.91 Å². The normalized spacial score (nSPS) is 13.9. The van der Waals surface area contributed by atoms with Gasteiger partial charge >= 0.3 is 0 Å². The molecule has 3 aromatic heterocycles. The van der Waals surface area contributed by atoms with Crippen LogP contribution < -0.4 is 10.0 Å². The molecule has 0 saturated heterocycles. The number of rotatable bonds is 7. The smallest absolute Gasteiger partial charge is 0.271 e. The summed E-state index contributed by atoms with van der Waals surface area (Å²) in [7, 11) is 0. The van der Waals surface area contributed by atoms with Gasteiger partial charge in [0.25, 0.3) is 5.91 Å². The minimum Gasteiger partial charge on any atom is -0.471 e. The maximum Gasteiger partial charge on any atom is 0.271 e. The number of ether oxygens (including phenoxy) is 1. The first-order chi connectivity index (χ1) is 14.0. The summed E-state index contributed by atoms with van der Waals surface area (Å²) < 4.78 is 18.9. The second kappa shape index (κ2) is 7.75. The Morgan fingerprint density at radius 3 is 2.79 bits per heavy atom. The van der Waals surface area contributed by atoms with E-state index < -0.39 is 5.91 Å². The van der Waals surface area contributed by atoms with Gasteiger partial charge in [0.15, 0.2) is 1.41 Å². The number of aryl methyl sites for hydroxylation is 2. The van der Waals surface area contributed by atoms with E-state index in [9.17, 15) is 4.79 Å². The van der Waals surface area contributed by atoms with Crippen molar-refractivity contribution < 1.29 is 15.5 Å². The highest BCUT2D eigenvalue weighted by Gasteiger charge is 2.22. The molecule has 3 heterocycles. The summed E-state index contributed by atoms with van der Waals surface area (Å²) in [5.74, 6) is 0.899. The number of nitrogens with zero attached hydrogens (tertiary/aromatic N) is 4. The molecule has 0 aliphatic heterocycles. The van der Waals surface area contributed by atoms with Gasteiger partial charge in [-0.25, -0.2) is 9.97 Å². The lowest BCUT2D eigenvalue weighted by molar-refractivity contribution is 0.0946. The Morgan fingerprint density at radius 2 is 2.11 bits per heavy atom. The van der Waals surface area contributed by atoms with E-state index in [4.69, 9.17) is 10.7 Å². The maximum atomic E-state index is 12.2. The predicted molar refractivity (Wildman–Crippen MR) is 101 cm³/mol. The molecule has 0 aromatic carbocycles. The molecule has 28 heavy (non-hydrogen) atoms.